The molecule has 0 spiro atoms. The molecule has 0 radical (unpaired) electrons. The first-order valence-electron chi connectivity index (χ1n) is 3.17. The van der Waals surface area contributed by atoms with E-state index in [-0.39, 0.29) is 0 Å². The third kappa shape index (κ3) is 8.97. The van der Waals surface area contributed by atoms with Crippen LogP contribution in [0.4, 0.5) is 0 Å². The molecule has 0 bridgehead atoms. The Morgan fingerprint density at radius 1 is 1.30 bits per heavy atom. The standard InChI is InChI=1S/C5H14N2S3/c1-6-2-4-9-5-3-7-10-8/h6-8H,2-5H2,1H3. The summed E-state index contributed by atoms with van der Waals surface area (Å²) in [4.78, 5) is 0. The minimum atomic E-state index is 1.03. The Bertz CT molecular complexity index is 54.9. The Morgan fingerprint density at radius 2 is 2.00 bits per heavy atom. The van der Waals surface area contributed by atoms with Gasteiger partial charge in [-0.25, -0.2) is 0 Å². The van der Waals surface area contributed by atoms with Crippen molar-refractivity contribution in [1.29, 1.82) is 0 Å². The first-order valence-corrected chi connectivity index (χ1v) is 6.19. The van der Waals surface area contributed by atoms with Crippen LogP contribution in [0.1, 0.15) is 0 Å². The number of hydrogen-bond donors (Lipinski definition) is 3. The Morgan fingerprint density at radius 3 is 2.60 bits per heavy atom. The van der Waals surface area contributed by atoms with Crippen LogP contribution in [0, 0.1) is 0 Å². The van der Waals surface area contributed by atoms with Crippen molar-refractivity contribution in [3.8, 4) is 0 Å². The number of nitrogens with one attached hydrogen (secondary N) is 2. The molecule has 5 heteroatoms. The van der Waals surface area contributed by atoms with Crippen LogP contribution in [0.5, 0.6) is 0 Å². The fourth-order valence-electron chi connectivity index (χ4n) is 0.436. The number of rotatable bonds is 7. The maximum Gasteiger partial charge on any atom is 0.0157 e. The van der Waals surface area contributed by atoms with E-state index in [9.17, 15) is 0 Å². The van der Waals surface area contributed by atoms with Gasteiger partial charge < -0.3 is 5.32 Å². The lowest BCUT2D eigenvalue weighted by Crippen LogP contribution is -2.12. The fraction of sp³-hybridized carbons (Fsp3) is 1.00. The van der Waals surface area contributed by atoms with Gasteiger partial charge in [0, 0.05) is 24.6 Å². The second-order valence-electron chi connectivity index (χ2n) is 1.70. The van der Waals surface area contributed by atoms with Crippen molar-refractivity contribution >= 4 is 34.4 Å². The molecule has 0 atom stereocenters. The lowest BCUT2D eigenvalue weighted by atomic mass is 10.8. The van der Waals surface area contributed by atoms with Gasteiger partial charge in [-0.2, -0.15) is 11.8 Å². The zero-order chi connectivity index (χ0) is 7.66. The lowest BCUT2D eigenvalue weighted by molar-refractivity contribution is 0.871. The fourth-order valence-corrected chi connectivity index (χ4v) is 1.83. The first kappa shape index (κ1) is 11.0. The van der Waals surface area contributed by atoms with E-state index in [0.29, 0.717) is 0 Å². The van der Waals surface area contributed by atoms with Crippen molar-refractivity contribution in [2.45, 2.75) is 0 Å². The molecule has 0 unspecified atom stereocenters. The van der Waals surface area contributed by atoms with Crippen LogP contribution < -0.4 is 10.0 Å². The highest BCUT2D eigenvalue weighted by Crippen LogP contribution is 2.00. The monoisotopic (exact) mass is 198 g/mol. The van der Waals surface area contributed by atoms with Gasteiger partial charge in [-0.1, -0.05) is 11.7 Å². The Balaban J connectivity index is 2.65. The van der Waals surface area contributed by atoms with Gasteiger partial charge in [0.05, 0.1) is 0 Å². The molecule has 0 saturated heterocycles. The lowest BCUT2D eigenvalue weighted by Gasteiger charge is -1.99. The van der Waals surface area contributed by atoms with Gasteiger partial charge in [0.1, 0.15) is 0 Å². The molecular formula is C5H14N2S3. The third-order valence-corrected chi connectivity index (χ3v) is 2.62. The van der Waals surface area contributed by atoms with Crippen LogP contribution in [0.15, 0.2) is 0 Å². The van der Waals surface area contributed by atoms with Crippen molar-refractivity contribution in [3.05, 3.63) is 0 Å². The first-order chi connectivity index (χ1) is 4.91. The quantitative estimate of drug-likeness (QED) is 0.246. The van der Waals surface area contributed by atoms with E-state index in [1.54, 1.807) is 0 Å². The third-order valence-electron chi connectivity index (χ3n) is 0.909. The average Bonchev–Trinajstić information content (AvgIpc) is 1.97. The molecule has 0 saturated carbocycles. The molecule has 2 N–H and O–H groups in total. The summed E-state index contributed by atoms with van der Waals surface area (Å²) in [6.07, 6.45) is 0. The van der Waals surface area contributed by atoms with Crippen LogP contribution in [0.25, 0.3) is 0 Å². The molecule has 10 heavy (non-hydrogen) atoms. The molecule has 0 rings (SSSR count). The SMILES string of the molecule is CNCCSCCNSS. The molecule has 2 nitrogen and oxygen atoms in total. The summed E-state index contributed by atoms with van der Waals surface area (Å²) in [6, 6.07) is 0. The molecule has 0 aliphatic carbocycles. The van der Waals surface area contributed by atoms with Crippen LogP contribution >= 0.6 is 34.4 Å². The van der Waals surface area contributed by atoms with Crippen LogP contribution in [0.3, 0.4) is 0 Å². The summed E-state index contributed by atoms with van der Waals surface area (Å²) in [7, 11) is 3.36. The van der Waals surface area contributed by atoms with Crippen molar-refractivity contribution in [3.63, 3.8) is 0 Å². The summed E-state index contributed by atoms with van der Waals surface area (Å²) in [5.74, 6) is 2.35. The Kier molecular flexibility index (Phi) is 10.9. The van der Waals surface area contributed by atoms with Crippen LogP contribution in [0.2, 0.25) is 0 Å². The second kappa shape index (κ2) is 9.97. The van der Waals surface area contributed by atoms with Crippen molar-refractivity contribution in [1.82, 2.24) is 10.0 Å². The highest BCUT2D eigenvalue weighted by atomic mass is 33.1. The van der Waals surface area contributed by atoms with E-state index in [1.807, 2.05) is 18.8 Å². The normalized spacial score (nSPS) is 10.2. The Labute approximate surface area is 76.2 Å². The topological polar surface area (TPSA) is 24.1 Å². The maximum absolute atomic E-state index is 3.95. The second-order valence-corrected chi connectivity index (χ2v) is 3.95. The van der Waals surface area contributed by atoms with Crippen LogP contribution in [-0.4, -0.2) is 31.6 Å². The predicted octanol–water partition coefficient (Wildman–Crippen LogP) is 1.02. The van der Waals surface area contributed by atoms with Gasteiger partial charge in [-0.05, 0) is 18.0 Å². The van der Waals surface area contributed by atoms with Gasteiger partial charge >= 0.3 is 0 Å². The maximum atomic E-state index is 3.95. The number of hydrogen-bond acceptors (Lipinski definition) is 5. The summed E-state index contributed by atoms with van der Waals surface area (Å²) < 4.78 is 3.06. The molecule has 0 heterocycles. The molecular weight excluding hydrogens is 184 g/mol. The van der Waals surface area contributed by atoms with E-state index in [1.165, 1.54) is 16.7 Å². The number of thioether (sulfide) groups is 1. The minimum absolute atomic E-state index is 1.03. The van der Waals surface area contributed by atoms with E-state index < -0.39 is 0 Å². The highest BCUT2D eigenvalue weighted by molar-refractivity contribution is 8.67. The summed E-state index contributed by atoms with van der Waals surface area (Å²) in [5.41, 5.74) is 0. The number of thiol groups is 1. The molecule has 0 amide bonds. The van der Waals surface area contributed by atoms with Crippen molar-refractivity contribution in [2.75, 3.05) is 31.6 Å². The summed E-state index contributed by atoms with van der Waals surface area (Å²) in [5, 5.41) is 3.10. The minimum Gasteiger partial charge on any atom is -0.319 e. The Hall–Kier alpha value is 0.970. The zero-order valence-corrected chi connectivity index (χ0v) is 8.62. The van der Waals surface area contributed by atoms with E-state index in [4.69, 9.17) is 0 Å². The molecule has 0 aromatic rings. The predicted molar refractivity (Wildman–Crippen MR) is 55.8 cm³/mol. The van der Waals surface area contributed by atoms with Gasteiger partial charge in [-0.15, -0.1) is 0 Å². The van der Waals surface area contributed by atoms with Gasteiger partial charge in [0.2, 0.25) is 0 Å². The molecule has 0 fully saturated rings. The van der Waals surface area contributed by atoms with Crippen molar-refractivity contribution < 1.29 is 0 Å². The van der Waals surface area contributed by atoms with E-state index in [2.05, 4.69) is 21.7 Å². The summed E-state index contributed by atoms with van der Waals surface area (Å²) in [6.45, 7) is 2.13. The largest absolute Gasteiger partial charge is 0.319 e. The average molecular weight is 198 g/mol. The van der Waals surface area contributed by atoms with Crippen LogP contribution in [-0.2, 0) is 0 Å². The smallest absolute Gasteiger partial charge is 0.0157 e. The van der Waals surface area contributed by atoms with E-state index in [0.717, 1.165) is 18.8 Å². The molecule has 0 aromatic heterocycles. The van der Waals surface area contributed by atoms with Gasteiger partial charge in [-0.3, -0.25) is 4.72 Å². The van der Waals surface area contributed by atoms with E-state index >= 15 is 0 Å². The van der Waals surface area contributed by atoms with Gasteiger partial charge in [0.15, 0.2) is 0 Å². The molecule has 0 aliphatic heterocycles. The highest BCUT2D eigenvalue weighted by Gasteiger charge is 1.86. The molecule has 0 aliphatic rings. The van der Waals surface area contributed by atoms with Gasteiger partial charge in [0.25, 0.3) is 0 Å². The molecule has 62 valence electrons. The molecule has 0 aromatic carbocycles. The van der Waals surface area contributed by atoms with Crippen molar-refractivity contribution in [2.24, 2.45) is 0 Å². The summed E-state index contributed by atoms with van der Waals surface area (Å²) >= 11 is 5.89. The zero-order valence-electron chi connectivity index (χ0n) is 6.09.